The van der Waals surface area contributed by atoms with E-state index in [1.165, 1.54) is 12.1 Å². The van der Waals surface area contributed by atoms with Crippen molar-refractivity contribution in [2.24, 2.45) is 0 Å². The number of benzene rings is 2. The van der Waals surface area contributed by atoms with Gasteiger partial charge in [-0.1, -0.05) is 50.0 Å². The van der Waals surface area contributed by atoms with Crippen molar-refractivity contribution >= 4 is 43.3 Å². The van der Waals surface area contributed by atoms with E-state index in [2.05, 4.69) is 55.6 Å². The summed E-state index contributed by atoms with van der Waals surface area (Å²) in [5.74, 6) is 2.26. The molecule has 0 spiro atoms. The van der Waals surface area contributed by atoms with Gasteiger partial charge in [-0.3, -0.25) is 0 Å². The second-order valence-corrected chi connectivity index (χ2v) is 18.3. The zero-order chi connectivity index (χ0) is 25.6. The number of aromatic nitrogens is 3. The van der Waals surface area contributed by atoms with Crippen LogP contribution in [0.3, 0.4) is 0 Å². The van der Waals surface area contributed by atoms with Gasteiger partial charge in [-0.25, -0.2) is 4.39 Å². The third-order valence-electron chi connectivity index (χ3n) is 7.12. The van der Waals surface area contributed by atoms with Crippen LogP contribution in [0.4, 0.5) is 4.39 Å². The number of fused-ring (bicyclic) bond motifs is 1. The molecule has 0 aliphatic carbocycles. The first-order valence-electron chi connectivity index (χ1n) is 11.7. The topological polar surface area (TPSA) is 39.9 Å². The van der Waals surface area contributed by atoms with Gasteiger partial charge in [0, 0.05) is 46.2 Å². The van der Waals surface area contributed by atoms with Crippen molar-refractivity contribution in [3.05, 3.63) is 58.1 Å². The summed E-state index contributed by atoms with van der Waals surface area (Å²) >= 11 is 14.7. The van der Waals surface area contributed by atoms with Crippen LogP contribution in [0.5, 0.6) is 0 Å². The Labute approximate surface area is 222 Å². The molecule has 0 amide bonds. The molecule has 1 aromatic heterocycles. The molecule has 1 unspecified atom stereocenters. The normalized spacial score (nSPS) is 18.9. The Morgan fingerprint density at radius 1 is 1.11 bits per heavy atom. The van der Waals surface area contributed by atoms with E-state index < -0.39 is 8.32 Å². The minimum absolute atomic E-state index is 0.0775. The summed E-state index contributed by atoms with van der Waals surface area (Å²) in [6.45, 7) is 15.1. The lowest BCUT2D eigenvalue weighted by Gasteiger charge is -2.39. The van der Waals surface area contributed by atoms with Crippen molar-refractivity contribution < 1.29 is 8.82 Å². The summed E-state index contributed by atoms with van der Waals surface area (Å²) < 4.78 is 23.0. The Bertz CT molecular complexity index is 1240. The van der Waals surface area contributed by atoms with Crippen LogP contribution in [0.15, 0.2) is 36.4 Å². The maximum Gasteiger partial charge on any atom is 0.192 e. The molecule has 0 fully saturated rings. The minimum atomic E-state index is -1.85. The number of nitrogens with zero attached hydrogens (tertiary/aromatic N) is 3. The van der Waals surface area contributed by atoms with Crippen molar-refractivity contribution in [2.45, 2.75) is 63.5 Å². The van der Waals surface area contributed by atoms with Gasteiger partial charge in [-0.15, -0.1) is 10.2 Å². The molecule has 4 nitrogen and oxygen atoms in total. The van der Waals surface area contributed by atoms with Gasteiger partial charge in [0.15, 0.2) is 14.1 Å². The molecule has 4 rings (SSSR count). The largest absolute Gasteiger partial charge is 0.415 e. The molecule has 0 bridgehead atoms. The van der Waals surface area contributed by atoms with Crippen LogP contribution in [0.25, 0.3) is 22.5 Å². The van der Waals surface area contributed by atoms with Crippen molar-refractivity contribution in [3.63, 3.8) is 0 Å². The van der Waals surface area contributed by atoms with E-state index in [-0.39, 0.29) is 15.6 Å². The fourth-order valence-electron chi connectivity index (χ4n) is 3.89. The Hall–Kier alpha value is -1.38. The second kappa shape index (κ2) is 9.82. The molecular weight excluding hydrogens is 520 g/mol. The number of thioether (sulfide) groups is 1. The fourth-order valence-corrected chi connectivity index (χ4v) is 6.69. The number of rotatable bonds is 5. The van der Waals surface area contributed by atoms with Gasteiger partial charge in [0.1, 0.15) is 11.6 Å². The van der Waals surface area contributed by atoms with E-state index in [9.17, 15) is 4.39 Å². The van der Waals surface area contributed by atoms with E-state index in [0.29, 0.717) is 27.8 Å². The van der Waals surface area contributed by atoms with Crippen LogP contribution in [-0.2, 0) is 17.4 Å². The third kappa shape index (κ3) is 5.64. The fraction of sp³-hybridized carbons (Fsp3) is 0.462. The Morgan fingerprint density at radius 2 is 1.86 bits per heavy atom. The van der Waals surface area contributed by atoms with Crippen molar-refractivity contribution in [1.29, 1.82) is 0 Å². The highest BCUT2D eigenvalue weighted by molar-refractivity contribution is 8.00. The molecule has 1 atom stereocenters. The van der Waals surface area contributed by atoms with Crippen LogP contribution in [0.2, 0.25) is 28.2 Å². The molecule has 9 heteroatoms. The monoisotopic (exact) mass is 551 g/mol. The number of hydrogen-bond acceptors (Lipinski definition) is 4. The van der Waals surface area contributed by atoms with E-state index >= 15 is 0 Å². The van der Waals surface area contributed by atoms with E-state index in [1.54, 1.807) is 12.1 Å². The summed E-state index contributed by atoms with van der Waals surface area (Å²) in [6.07, 6.45) is 0.767. The first-order valence-corrected chi connectivity index (χ1v) is 16.4. The molecule has 2 aromatic carbocycles. The number of halogens is 3. The van der Waals surface area contributed by atoms with Gasteiger partial charge in [0.2, 0.25) is 0 Å². The maximum atomic E-state index is 14.4. The highest BCUT2D eigenvalue weighted by Gasteiger charge is 2.40. The van der Waals surface area contributed by atoms with Gasteiger partial charge in [-0.2, -0.15) is 11.8 Å². The lowest BCUT2D eigenvalue weighted by atomic mass is 10.0. The predicted molar refractivity (Wildman–Crippen MR) is 149 cm³/mol. The molecule has 0 saturated heterocycles. The first-order chi connectivity index (χ1) is 16.3. The molecule has 3 aromatic rings. The van der Waals surface area contributed by atoms with Crippen LogP contribution in [0.1, 0.15) is 33.5 Å². The molecule has 0 saturated carbocycles. The molecule has 1 aliphatic rings. The Balaban J connectivity index is 1.59. The summed E-state index contributed by atoms with van der Waals surface area (Å²) in [4.78, 5) is 0. The van der Waals surface area contributed by atoms with Gasteiger partial charge >= 0.3 is 0 Å². The van der Waals surface area contributed by atoms with Gasteiger partial charge in [-0.05, 0) is 61.0 Å². The molecule has 0 N–H and O–H groups in total. The lowest BCUT2D eigenvalue weighted by molar-refractivity contribution is 0.252. The quantitative estimate of drug-likeness (QED) is 0.300. The Morgan fingerprint density at radius 3 is 2.54 bits per heavy atom. The predicted octanol–water partition coefficient (Wildman–Crippen LogP) is 8.13. The van der Waals surface area contributed by atoms with Crippen LogP contribution >= 0.6 is 35.0 Å². The smallest absolute Gasteiger partial charge is 0.192 e. The number of hydrogen-bond donors (Lipinski definition) is 0. The van der Waals surface area contributed by atoms with E-state index in [4.69, 9.17) is 27.6 Å². The molecular formula is C26H32Cl2FN3OSSi. The van der Waals surface area contributed by atoms with Gasteiger partial charge < -0.3 is 8.99 Å². The molecule has 1 aliphatic heterocycles. The Kier molecular flexibility index (Phi) is 7.49. The average molecular weight is 553 g/mol. The molecule has 2 heterocycles. The van der Waals surface area contributed by atoms with Crippen LogP contribution in [-0.4, -0.2) is 40.2 Å². The average Bonchev–Trinajstić information content (AvgIpc) is 3.06. The minimum Gasteiger partial charge on any atom is -0.415 e. The molecule has 0 radical (unpaired) electrons. The third-order valence-corrected chi connectivity index (χ3v) is 13.5. The highest BCUT2D eigenvalue weighted by atomic mass is 35.5. The zero-order valence-electron chi connectivity index (χ0n) is 21.1. The van der Waals surface area contributed by atoms with E-state index in [1.807, 2.05) is 23.9 Å². The van der Waals surface area contributed by atoms with Crippen molar-refractivity contribution in [1.82, 2.24) is 14.8 Å². The summed E-state index contributed by atoms with van der Waals surface area (Å²) in [6, 6.07) is 9.99. The first kappa shape index (κ1) is 26.7. The summed E-state index contributed by atoms with van der Waals surface area (Å²) in [7, 11) is -1.85. The molecule has 188 valence electrons. The maximum absolute atomic E-state index is 14.4. The summed E-state index contributed by atoms with van der Waals surface area (Å²) in [5, 5.41) is 10.2. The second-order valence-electron chi connectivity index (χ2n) is 10.9. The highest BCUT2D eigenvalue weighted by Crippen LogP contribution is 2.40. The summed E-state index contributed by atoms with van der Waals surface area (Å²) in [5.41, 5.74) is 1.86. The van der Waals surface area contributed by atoms with Crippen molar-refractivity contribution in [3.8, 4) is 22.5 Å². The standard InChI is InChI=1S/C26H32Cl2FN3OSSi/c1-25(2,3)35(5,6)33-16-26(4)15-23-30-31-24(32(23)11-12-34-26)19-9-7-17(13-21(19)28)20-14-18(27)8-10-22(20)29/h7-10,13-14H,11-12,15-16H2,1-6H3. The van der Waals surface area contributed by atoms with Gasteiger partial charge in [0.05, 0.1) is 5.02 Å². The van der Waals surface area contributed by atoms with Crippen LogP contribution < -0.4 is 0 Å². The van der Waals surface area contributed by atoms with Crippen LogP contribution in [0, 0.1) is 5.82 Å². The zero-order valence-corrected chi connectivity index (χ0v) is 24.4. The SMILES string of the molecule is CC1(CO[Si](C)(C)C(C)(C)C)Cc2nnc(-c3ccc(-c4cc(Cl)ccc4F)cc3Cl)n2CCS1. The van der Waals surface area contributed by atoms with Crippen molar-refractivity contribution in [2.75, 3.05) is 12.4 Å². The molecule has 35 heavy (non-hydrogen) atoms. The van der Waals surface area contributed by atoms with E-state index in [0.717, 1.165) is 35.9 Å². The van der Waals surface area contributed by atoms with Gasteiger partial charge in [0.25, 0.3) is 0 Å². The lowest BCUT2D eigenvalue weighted by Crippen LogP contribution is -2.45.